The Bertz CT molecular complexity index is 863. The van der Waals surface area contributed by atoms with E-state index in [0.717, 1.165) is 16.0 Å². The quantitative estimate of drug-likeness (QED) is 0.668. The van der Waals surface area contributed by atoms with Gasteiger partial charge < -0.3 is 10.2 Å². The van der Waals surface area contributed by atoms with Crippen LogP contribution in [0.3, 0.4) is 0 Å². The smallest absolute Gasteiger partial charge is 0.279 e. The Hall–Kier alpha value is -2.69. The van der Waals surface area contributed by atoms with E-state index in [4.69, 9.17) is 11.6 Å². The summed E-state index contributed by atoms with van der Waals surface area (Å²) in [5.74, 6) is -0.779. The Morgan fingerprint density at radius 3 is 2.11 bits per heavy atom. The summed E-state index contributed by atoms with van der Waals surface area (Å²) in [6, 6.07) is 24.2. The zero-order valence-corrected chi connectivity index (χ0v) is 15.7. The van der Waals surface area contributed by atoms with Gasteiger partial charge in [-0.2, -0.15) is 0 Å². The van der Waals surface area contributed by atoms with Gasteiger partial charge in [0, 0.05) is 16.1 Å². The first-order chi connectivity index (χ1) is 13.0. The lowest BCUT2D eigenvalue weighted by atomic mass is 9.97. The van der Waals surface area contributed by atoms with Crippen LogP contribution in [-0.2, 0) is 4.79 Å². The van der Waals surface area contributed by atoms with E-state index in [9.17, 15) is 9.18 Å². The summed E-state index contributed by atoms with van der Waals surface area (Å²) in [5.41, 5.74) is 2.32. The molecule has 138 valence electrons. The van der Waals surface area contributed by atoms with E-state index in [1.807, 2.05) is 43.4 Å². The summed E-state index contributed by atoms with van der Waals surface area (Å²) < 4.78 is 13.9. The van der Waals surface area contributed by atoms with Crippen LogP contribution in [-0.4, -0.2) is 19.5 Å². The van der Waals surface area contributed by atoms with Crippen LogP contribution in [0.4, 0.5) is 10.1 Å². The molecule has 0 fully saturated rings. The number of halogens is 2. The van der Waals surface area contributed by atoms with Gasteiger partial charge in [0.1, 0.15) is 11.9 Å². The van der Waals surface area contributed by atoms with Crippen LogP contribution < -0.4 is 10.2 Å². The fourth-order valence-electron chi connectivity index (χ4n) is 3.20. The van der Waals surface area contributed by atoms with Crippen molar-refractivity contribution in [1.29, 1.82) is 0 Å². The third-order valence-corrected chi connectivity index (χ3v) is 4.64. The summed E-state index contributed by atoms with van der Waals surface area (Å²) in [6.45, 7) is 0.181. The van der Waals surface area contributed by atoms with Crippen molar-refractivity contribution in [1.82, 2.24) is 0 Å². The maximum absolute atomic E-state index is 13.9. The third-order valence-electron chi connectivity index (χ3n) is 4.40. The van der Waals surface area contributed by atoms with Gasteiger partial charge in [-0.15, -0.1) is 0 Å². The number of carbonyl (C=O) groups excluding carboxylic acids is 1. The molecule has 2 N–H and O–H groups in total. The summed E-state index contributed by atoms with van der Waals surface area (Å²) in [7, 11) is 1.96. The van der Waals surface area contributed by atoms with Gasteiger partial charge >= 0.3 is 0 Å². The first kappa shape index (κ1) is 19.1. The molecule has 1 atom stereocenters. The average Bonchev–Trinajstić information content (AvgIpc) is 2.66. The van der Waals surface area contributed by atoms with Gasteiger partial charge in [0.15, 0.2) is 6.54 Å². The van der Waals surface area contributed by atoms with Gasteiger partial charge in [-0.25, -0.2) is 4.39 Å². The van der Waals surface area contributed by atoms with Crippen molar-refractivity contribution < 1.29 is 14.1 Å². The largest absolute Gasteiger partial charge is 0.320 e. The van der Waals surface area contributed by atoms with E-state index in [0.29, 0.717) is 5.02 Å². The number of carbonyl (C=O) groups is 1. The Morgan fingerprint density at radius 2 is 1.56 bits per heavy atom. The molecule has 3 aromatic carbocycles. The molecule has 0 aliphatic carbocycles. The summed E-state index contributed by atoms with van der Waals surface area (Å²) >= 11 is 5.89. The van der Waals surface area contributed by atoms with Crippen molar-refractivity contribution >= 4 is 23.2 Å². The second kappa shape index (κ2) is 8.80. The number of amides is 1. The Labute approximate surface area is 163 Å². The van der Waals surface area contributed by atoms with E-state index in [1.165, 1.54) is 18.2 Å². The molecule has 0 bridgehead atoms. The second-order valence-electron chi connectivity index (χ2n) is 6.45. The Balaban J connectivity index is 1.79. The minimum Gasteiger partial charge on any atom is -0.320 e. The van der Waals surface area contributed by atoms with E-state index in [2.05, 4.69) is 29.6 Å². The Kier molecular flexibility index (Phi) is 6.22. The molecule has 0 saturated heterocycles. The molecule has 1 amide bonds. The normalized spacial score (nSPS) is 12.0. The highest BCUT2D eigenvalue weighted by molar-refractivity contribution is 6.30. The fraction of sp³-hybridized carbons (Fsp3) is 0.136. The van der Waals surface area contributed by atoms with Gasteiger partial charge in [-0.3, -0.25) is 4.79 Å². The zero-order valence-electron chi connectivity index (χ0n) is 15.0. The maximum atomic E-state index is 13.9. The van der Waals surface area contributed by atoms with E-state index in [-0.39, 0.29) is 24.2 Å². The lowest BCUT2D eigenvalue weighted by Crippen LogP contribution is -3.10. The molecular weight excluding hydrogens is 363 g/mol. The number of nitrogens with one attached hydrogen (secondary N) is 2. The minimum absolute atomic E-state index is 0.0117. The van der Waals surface area contributed by atoms with Crippen LogP contribution in [0.5, 0.6) is 0 Å². The van der Waals surface area contributed by atoms with E-state index in [1.54, 1.807) is 0 Å². The molecule has 0 aliphatic rings. The standard InChI is InChI=1S/C22H20ClFN2O/c1-26(15-21(27)25-20-14-18(23)12-13-19(20)24)22(16-8-4-2-5-9-16)17-10-6-3-7-11-17/h2-14,22H,15H2,1H3,(H,25,27)/p+1. The van der Waals surface area contributed by atoms with Gasteiger partial charge in [0.25, 0.3) is 5.91 Å². The van der Waals surface area contributed by atoms with Gasteiger partial charge in [0.2, 0.25) is 0 Å². The fourth-order valence-corrected chi connectivity index (χ4v) is 3.37. The van der Waals surface area contributed by atoms with Crippen LogP contribution in [0.1, 0.15) is 17.2 Å². The zero-order chi connectivity index (χ0) is 19.2. The highest BCUT2D eigenvalue weighted by atomic mass is 35.5. The average molecular weight is 384 g/mol. The number of hydrogen-bond donors (Lipinski definition) is 2. The minimum atomic E-state index is -0.506. The number of benzene rings is 3. The molecule has 0 aliphatic heterocycles. The van der Waals surface area contributed by atoms with E-state index < -0.39 is 5.82 Å². The number of anilines is 1. The third kappa shape index (κ3) is 4.94. The molecule has 0 saturated carbocycles. The molecule has 0 heterocycles. The first-order valence-electron chi connectivity index (χ1n) is 8.71. The molecule has 27 heavy (non-hydrogen) atoms. The van der Waals surface area contributed by atoms with Crippen LogP contribution in [0, 0.1) is 5.82 Å². The summed E-state index contributed by atoms with van der Waals surface area (Å²) in [4.78, 5) is 13.5. The molecule has 3 rings (SSSR count). The highest BCUT2D eigenvalue weighted by Crippen LogP contribution is 2.20. The predicted octanol–water partition coefficient (Wildman–Crippen LogP) is 3.72. The molecule has 0 spiro atoms. The SMILES string of the molecule is C[NH+](CC(=O)Nc1cc(Cl)ccc1F)C(c1ccccc1)c1ccccc1. The monoisotopic (exact) mass is 383 g/mol. The van der Waals surface area contributed by atoms with Crippen molar-refractivity contribution in [3.63, 3.8) is 0 Å². The first-order valence-corrected chi connectivity index (χ1v) is 9.09. The van der Waals surface area contributed by atoms with Gasteiger partial charge in [0.05, 0.1) is 12.7 Å². The van der Waals surface area contributed by atoms with Crippen LogP contribution in [0.25, 0.3) is 0 Å². The van der Waals surface area contributed by atoms with E-state index >= 15 is 0 Å². The van der Waals surface area contributed by atoms with Crippen molar-refractivity contribution in [2.75, 3.05) is 18.9 Å². The summed E-state index contributed by atoms with van der Waals surface area (Å²) in [6.07, 6.45) is 0. The van der Waals surface area contributed by atoms with Crippen LogP contribution >= 0.6 is 11.6 Å². The molecular formula is C22H21ClFN2O+. The summed E-state index contributed by atoms with van der Waals surface area (Å²) in [5, 5.41) is 2.99. The van der Waals surface area contributed by atoms with Crippen molar-refractivity contribution in [2.45, 2.75) is 6.04 Å². The number of hydrogen-bond acceptors (Lipinski definition) is 1. The molecule has 1 unspecified atom stereocenters. The topological polar surface area (TPSA) is 33.5 Å². The lowest BCUT2D eigenvalue weighted by molar-refractivity contribution is -0.897. The molecule has 0 radical (unpaired) electrons. The van der Waals surface area contributed by atoms with Crippen molar-refractivity contribution in [2.24, 2.45) is 0 Å². The number of rotatable bonds is 6. The number of likely N-dealkylation sites (N-methyl/N-ethyl adjacent to an activating group) is 1. The molecule has 3 nitrogen and oxygen atoms in total. The molecule has 3 aromatic rings. The molecule has 0 aromatic heterocycles. The van der Waals surface area contributed by atoms with Crippen LogP contribution in [0.2, 0.25) is 5.02 Å². The maximum Gasteiger partial charge on any atom is 0.279 e. The highest BCUT2D eigenvalue weighted by Gasteiger charge is 2.25. The van der Waals surface area contributed by atoms with Crippen LogP contribution in [0.15, 0.2) is 78.9 Å². The van der Waals surface area contributed by atoms with Gasteiger partial charge in [-0.1, -0.05) is 72.3 Å². The molecule has 5 heteroatoms. The Morgan fingerprint density at radius 1 is 1.00 bits per heavy atom. The number of quaternary nitrogens is 1. The van der Waals surface area contributed by atoms with Gasteiger partial charge in [-0.05, 0) is 18.2 Å². The predicted molar refractivity (Wildman–Crippen MR) is 107 cm³/mol. The van der Waals surface area contributed by atoms with Crippen molar-refractivity contribution in [3.8, 4) is 0 Å². The lowest BCUT2D eigenvalue weighted by Gasteiger charge is -2.25. The second-order valence-corrected chi connectivity index (χ2v) is 6.89. The van der Waals surface area contributed by atoms with Crippen molar-refractivity contribution in [3.05, 3.63) is 101 Å².